The van der Waals surface area contributed by atoms with Crippen molar-refractivity contribution in [1.29, 1.82) is 0 Å². The molecular weight excluding hydrogens is 236 g/mol. The molecule has 96 valence electrons. The molecule has 0 saturated carbocycles. The van der Waals surface area contributed by atoms with E-state index in [2.05, 4.69) is 31.0 Å². The van der Waals surface area contributed by atoms with Crippen LogP contribution in [0.3, 0.4) is 0 Å². The molecule has 0 aliphatic carbocycles. The van der Waals surface area contributed by atoms with E-state index in [1.54, 1.807) is 11.8 Å². The van der Waals surface area contributed by atoms with Crippen molar-refractivity contribution in [2.75, 3.05) is 5.75 Å². The van der Waals surface area contributed by atoms with Gasteiger partial charge in [-0.25, -0.2) is 0 Å². The van der Waals surface area contributed by atoms with Crippen molar-refractivity contribution in [2.24, 2.45) is 0 Å². The molecule has 1 saturated heterocycles. The highest BCUT2D eigenvalue weighted by Gasteiger charge is 2.31. The number of rotatable bonds is 5. The molecule has 1 aromatic heterocycles. The van der Waals surface area contributed by atoms with Crippen molar-refractivity contribution in [3.63, 3.8) is 0 Å². The van der Waals surface area contributed by atoms with Crippen LogP contribution in [0.15, 0.2) is 9.64 Å². The highest BCUT2D eigenvalue weighted by molar-refractivity contribution is 7.99. The predicted molar refractivity (Wildman–Crippen MR) is 67.2 cm³/mol. The maximum Gasteiger partial charge on any atom is 0.276 e. The summed E-state index contributed by atoms with van der Waals surface area (Å²) in [5.74, 6) is 1.64. The monoisotopic (exact) mass is 256 g/mol. The summed E-state index contributed by atoms with van der Waals surface area (Å²) in [7, 11) is 0. The van der Waals surface area contributed by atoms with Crippen LogP contribution < -0.4 is 0 Å². The maximum absolute atomic E-state index is 5.91. The minimum Gasteiger partial charge on any atom is -0.416 e. The Hall–Kier alpha value is -0.550. The molecule has 4 nitrogen and oxygen atoms in total. The fourth-order valence-electron chi connectivity index (χ4n) is 1.97. The van der Waals surface area contributed by atoms with Crippen LogP contribution in [0, 0.1) is 0 Å². The lowest BCUT2D eigenvalue weighted by molar-refractivity contribution is -0.00473. The van der Waals surface area contributed by atoms with Crippen LogP contribution in [0.4, 0.5) is 0 Å². The molecule has 1 aliphatic rings. The number of nitrogens with zero attached hydrogens (tertiary/aromatic N) is 2. The van der Waals surface area contributed by atoms with Crippen LogP contribution in [0.5, 0.6) is 0 Å². The van der Waals surface area contributed by atoms with Gasteiger partial charge in [0, 0.05) is 12.2 Å². The highest BCUT2D eigenvalue weighted by atomic mass is 32.2. The Kier molecular flexibility index (Phi) is 4.09. The van der Waals surface area contributed by atoms with Crippen LogP contribution in [-0.4, -0.2) is 27.7 Å². The Bertz CT molecular complexity index is 365. The third-order valence-corrected chi connectivity index (χ3v) is 3.81. The van der Waals surface area contributed by atoms with Gasteiger partial charge in [0.05, 0.1) is 11.7 Å². The quantitative estimate of drug-likeness (QED) is 0.758. The van der Waals surface area contributed by atoms with Gasteiger partial charge >= 0.3 is 0 Å². The first-order valence-electron chi connectivity index (χ1n) is 6.22. The molecule has 0 amide bonds. The van der Waals surface area contributed by atoms with Crippen molar-refractivity contribution in [3.05, 3.63) is 5.89 Å². The minimum atomic E-state index is 0.0352. The topological polar surface area (TPSA) is 48.2 Å². The molecular formula is C12H20N2O2S. The van der Waals surface area contributed by atoms with E-state index >= 15 is 0 Å². The Labute approximate surface area is 107 Å². The van der Waals surface area contributed by atoms with Crippen molar-refractivity contribution in [2.45, 2.75) is 63.4 Å². The van der Waals surface area contributed by atoms with E-state index in [0.29, 0.717) is 11.3 Å². The lowest BCUT2D eigenvalue weighted by atomic mass is 10.1. The van der Waals surface area contributed by atoms with E-state index in [4.69, 9.17) is 9.15 Å². The first-order valence-corrected chi connectivity index (χ1v) is 7.20. The highest BCUT2D eigenvalue weighted by Crippen LogP contribution is 2.32. The van der Waals surface area contributed by atoms with Gasteiger partial charge < -0.3 is 9.15 Å². The summed E-state index contributed by atoms with van der Waals surface area (Å²) in [4.78, 5) is 0. The molecule has 0 N–H and O–H groups in total. The van der Waals surface area contributed by atoms with E-state index in [1.165, 1.54) is 0 Å². The van der Waals surface area contributed by atoms with Crippen molar-refractivity contribution >= 4 is 11.8 Å². The Morgan fingerprint density at radius 1 is 1.41 bits per heavy atom. The second kappa shape index (κ2) is 5.40. The van der Waals surface area contributed by atoms with Gasteiger partial charge in [0.25, 0.3) is 5.22 Å². The second-order valence-electron chi connectivity index (χ2n) is 5.06. The minimum absolute atomic E-state index is 0.0352. The smallest absolute Gasteiger partial charge is 0.276 e. The van der Waals surface area contributed by atoms with Crippen LogP contribution in [0.1, 0.15) is 45.9 Å². The molecule has 0 radical (unpaired) electrons. The summed E-state index contributed by atoms with van der Waals surface area (Å²) in [6.07, 6.45) is 4.46. The zero-order chi connectivity index (χ0) is 12.3. The van der Waals surface area contributed by atoms with Gasteiger partial charge in [0.1, 0.15) is 0 Å². The van der Waals surface area contributed by atoms with Crippen LogP contribution in [0.2, 0.25) is 0 Å². The molecule has 2 heterocycles. The van der Waals surface area contributed by atoms with Gasteiger partial charge in [-0.1, -0.05) is 18.7 Å². The Balaban J connectivity index is 1.78. The van der Waals surface area contributed by atoms with Gasteiger partial charge in [0.2, 0.25) is 5.89 Å². The van der Waals surface area contributed by atoms with Crippen molar-refractivity contribution < 1.29 is 9.15 Å². The molecule has 2 rings (SSSR count). The van der Waals surface area contributed by atoms with Gasteiger partial charge in [-0.15, -0.1) is 10.2 Å². The zero-order valence-electron chi connectivity index (χ0n) is 10.7. The molecule has 17 heavy (non-hydrogen) atoms. The largest absolute Gasteiger partial charge is 0.416 e. The van der Waals surface area contributed by atoms with Crippen molar-refractivity contribution in [1.82, 2.24) is 10.2 Å². The summed E-state index contributed by atoms with van der Waals surface area (Å²) in [6.45, 7) is 6.39. The fraction of sp³-hybridized carbons (Fsp3) is 0.833. The SMILES string of the molecule is CCCc1nnc(SCC2CCC(C)(C)O2)o1. The van der Waals surface area contributed by atoms with Gasteiger partial charge in [-0.3, -0.25) is 0 Å². The van der Waals surface area contributed by atoms with E-state index in [-0.39, 0.29) is 5.60 Å². The lowest BCUT2D eigenvalue weighted by Gasteiger charge is -2.18. The summed E-state index contributed by atoms with van der Waals surface area (Å²) in [5.41, 5.74) is 0.0352. The van der Waals surface area contributed by atoms with E-state index in [0.717, 1.165) is 37.3 Å². The van der Waals surface area contributed by atoms with Gasteiger partial charge in [-0.05, 0) is 33.1 Å². The molecule has 0 spiro atoms. The van der Waals surface area contributed by atoms with Crippen molar-refractivity contribution in [3.8, 4) is 0 Å². The third-order valence-electron chi connectivity index (χ3n) is 2.86. The summed E-state index contributed by atoms with van der Waals surface area (Å²) < 4.78 is 11.4. The molecule has 1 fully saturated rings. The maximum atomic E-state index is 5.91. The first-order chi connectivity index (χ1) is 8.09. The summed E-state index contributed by atoms with van der Waals surface area (Å²) in [6, 6.07) is 0. The van der Waals surface area contributed by atoms with Crippen LogP contribution in [0.25, 0.3) is 0 Å². The average Bonchev–Trinajstić information content (AvgIpc) is 2.83. The predicted octanol–water partition coefficient (Wildman–Crippen LogP) is 3.07. The summed E-state index contributed by atoms with van der Waals surface area (Å²) in [5, 5.41) is 8.69. The molecule has 0 aromatic carbocycles. The van der Waals surface area contributed by atoms with Crippen LogP contribution in [-0.2, 0) is 11.2 Å². The molecule has 0 bridgehead atoms. The zero-order valence-corrected chi connectivity index (χ0v) is 11.5. The number of aryl methyl sites for hydroxylation is 1. The van der Waals surface area contributed by atoms with Crippen LogP contribution >= 0.6 is 11.8 Å². The van der Waals surface area contributed by atoms with Gasteiger partial charge in [-0.2, -0.15) is 0 Å². The molecule has 1 aromatic rings. The number of thioether (sulfide) groups is 1. The number of aromatic nitrogens is 2. The Morgan fingerprint density at radius 2 is 2.24 bits per heavy atom. The standard InChI is InChI=1S/C12H20N2O2S/c1-4-5-10-13-14-11(15-10)17-8-9-6-7-12(2,3)16-9/h9H,4-8H2,1-3H3. The second-order valence-corrected chi connectivity index (χ2v) is 6.03. The fourth-order valence-corrected chi connectivity index (χ4v) is 2.79. The van der Waals surface area contributed by atoms with Gasteiger partial charge in [0.15, 0.2) is 0 Å². The number of hydrogen-bond acceptors (Lipinski definition) is 5. The average molecular weight is 256 g/mol. The first kappa shape index (κ1) is 12.9. The molecule has 1 atom stereocenters. The number of hydrogen-bond donors (Lipinski definition) is 0. The summed E-state index contributed by atoms with van der Waals surface area (Å²) >= 11 is 1.60. The van der Waals surface area contributed by atoms with E-state index in [1.807, 2.05) is 0 Å². The molecule has 1 unspecified atom stereocenters. The number of ether oxygens (including phenoxy) is 1. The van der Waals surface area contributed by atoms with E-state index < -0.39 is 0 Å². The lowest BCUT2D eigenvalue weighted by Crippen LogP contribution is -2.21. The molecule has 1 aliphatic heterocycles. The Morgan fingerprint density at radius 3 is 2.88 bits per heavy atom. The molecule has 5 heteroatoms. The van der Waals surface area contributed by atoms with E-state index in [9.17, 15) is 0 Å². The third kappa shape index (κ3) is 3.71. The normalized spacial score (nSPS) is 23.1.